The Balaban J connectivity index is 0.986. The molecule has 430 valence electrons. The smallest absolute Gasteiger partial charge is 0.161 e. The summed E-state index contributed by atoms with van der Waals surface area (Å²) in [7, 11) is 0. The second kappa shape index (κ2) is 29.6. The number of nitrogens with one attached hydrogen (secondary N) is 2. The molecule has 7 aliphatic heterocycles. The predicted molar refractivity (Wildman–Crippen MR) is 318 cm³/mol. The van der Waals surface area contributed by atoms with Gasteiger partial charge in [0.2, 0.25) is 0 Å². The molecule has 1 saturated heterocycles. The van der Waals surface area contributed by atoms with Crippen molar-refractivity contribution in [3.05, 3.63) is 201 Å². The number of rotatable bonds is 0. The molecule has 15 rings (SSSR count). The largest absolute Gasteiger partial charge is 0.491 e. The van der Waals surface area contributed by atoms with Gasteiger partial charge in [-0.2, -0.15) is 0 Å². The number of ether oxygens (including phenoxy) is 10. The van der Waals surface area contributed by atoms with E-state index in [-0.39, 0.29) is 0 Å². The molecular formula is C68H78N4O10. The lowest BCUT2D eigenvalue weighted by molar-refractivity contribution is 0.0695. The highest BCUT2D eigenvalue weighted by atomic mass is 16.6. The minimum absolute atomic E-state index is 0.328. The molecule has 14 nitrogen and oxygen atoms in total. The maximum absolute atomic E-state index is 7.04. The normalized spacial score (nSPS) is 19.3. The minimum Gasteiger partial charge on any atom is -0.491 e. The Bertz CT molecular complexity index is 2850. The Labute approximate surface area is 483 Å². The maximum atomic E-state index is 7.04. The van der Waals surface area contributed by atoms with Crippen molar-refractivity contribution in [2.45, 2.75) is 38.8 Å². The molecule has 7 heterocycles. The van der Waals surface area contributed by atoms with Crippen molar-refractivity contribution >= 4 is 0 Å². The van der Waals surface area contributed by atoms with Crippen LogP contribution in [0.2, 0.25) is 0 Å². The van der Waals surface area contributed by atoms with E-state index < -0.39 is 0 Å². The first-order chi connectivity index (χ1) is 40.7. The van der Waals surface area contributed by atoms with Crippen molar-refractivity contribution in [1.82, 2.24) is 20.4 Å². The van der Waals surface area contributed by atoms with Crippen molar-refractivity contribution in [3.63, 3.8) is 0 Å². The van der Waals surface area contributed by atoms with Gasteiger partial charge in [-0.25, -0.2) is 0 Å². The van der Waals surface area contributed by atoms with Crippen molar-refractivity contribution in [1.29, 1.82) is 0 Å². The molecule has 1 aliphatic carbocycles. The quantitative estimate of drug-likeness (QED) is 0.140. The Kier molecular flexibility index (Phi) is 20.4. The topological polar surface area (TPSA) is 123 Å². The van der Waals surface area contributed by atoms with E-state index >= 15 is 0 Å². The van der Waals surface area contributed by atoms with Gasteiger partial charge >= 0.3 is 0 Å². The van der Waals surface area contributed by atoms with E-state index in [9.17, 15) is 0 Å². The summed E-state index contributed by atoms with van der Waals surface area (Å²) >= 11 is 0. The van der Waals surface area contributed by atoms with Gasteiger partial charge in [0.1, 0.15) is 87.4 Å². The van der Waals surface area contributed by atoms with Gasteiger partial charge < -0.3 is 58.0 Å². The van der Waals surface area contributed by atoms with E-state index in [0.717, 1.165) is 156 Å². The SMILES string of the molecule is c1ccc2c(c1)CN1CCNCCN(CCNCC1)Cc1ccccc1OCCOc1c3cccc1Cc1cccc4c1OCCOCCOc1ccccc1OCCOCCOc1c(cccc1C3)Cc1cccc(c1OCCO2)C4. The third-order valence-corrected chi connectivity index (χ3v) is 15.3. The Hall–Kier alpha value is -7.30. The highest BCUT2D eigenvalue weighted by molar-refractivity contribution is 5.56. The molecule has 2 N–H and O–H groups in total. The third-order valence-electron chi connectivity index (χ3n) is 15.3. The summed E-state index contributed by atoms with van der Waals surface area (Å²) in [6, 6.07) is 50.5. The van der Waals surface area contributed by atoms with Crippen LogP contribution in [0.15, 0.2) is 146 Å². The summed E-state index contributed by atoms with van der Waals surface area (Å²) in [6.45, 7) is 13.0. The van der Waals surface area contributed by atoms with Crippen LogP contribution in [0, 0.1) is 0 Å². The van der Waals surface area contributed by atoms with Crippen molar-refractivity contribution in [2.24, 2.45) is 0 Å². The molecule has 0 atom stereocenters. The molecule has 82 heavy (non-hydrogen) atoms. The summed E-state index contributed by atoms with van der Waals surface area (Å²) in [5, 5.41) is 7.50. The Morgan fingerprint density at radius 2 is 0.488 bits per heavy atom. The van der Waals surface area contributed by atoms with Gasteiger partial charge in [-0.15, -0.1) is 0 Å². The molecule has 1 fully saturated rings. The van der Waals surface area contributed by atoms with Crippen molar-refractivity contribution in [2.75, 3.05) is 132 Å². The monoisotopic (exact) mass is 1110 g/mol. The second-order valence-electron chi connectivity index (χ2n) is 21.1. The van der Waals surface area contributed by atoms with Gasteiger partial charge in [-0.05, 0) is 68.8 Å². The maximum Gasteiger partial charge on any atom is 0.161 e. The van der Waals surface area contributed by atoms with E-state index in [1.807, 2.05) is 24.3 Å². The van der Waals surface area contributed by atoms with Crippen LogP contribution in [0.4, 0.5) is 0 Å². The minimum atomic E-state index is 0.328. The van der Waals surface area contributed by atoms with Crippen LogP contribution < -0.4 is 48.5 Å². The van der Waals surface area contributed by atoms with Gasteiger partial charge in [0.15, 0.2) is 11.5 Å². The number of nitrogens with zero attached hydrogens (tertiary/aromatic N) is 2. The molecule has 0 radical (unpaired) electrons. The molecule has 8 aliphatic rings. The molecular weight excluding hydrogens is 1030 g/mol. The zero-order chi connectivity index (χ0) is 55.4. The van der Waals surface area contributed by atoms with Crippen molar-refractivity contribution < 1.29 is 47.4 Å². The van der Waals surface area contributed by atoms with Crippen LogP contribution in [0.1, 0.15) is 55.6 Å². The van der Waals surface area contributed by atoms with Crippen molar-refractivity contribution in [3.8, 4) is 46.0 Å². The molecule has 14 heteroatoms. The lowest BCUT2D eigenvalue weighted by Crippen LogP contribution is -2.42. The molecule has 7 aromatic rings. The summed E-state index contributed by atoms with van der Waals surface area (Å²) in [5.74, 6) is 6.33. The number of fused-ring (bicyclic) bond motifs is 12. The molecule has 0 amide bonds. The summed E-state index contributed by atoms with van der Waals surface area (Å²) in [4.78, 5) is 5.03. The zero-order valence-corrected chi connectivity index (χ0v) is 47.2. The number of para-hydroxylation sites is 8. The predicted octanol–water partition coefficient (Wildman–Crippen LogP) is 9.35. The standard InChI is InChI=1S/C68H78N4O10/c1-3-21-61-59(11-1)49-71-29-25-69-27-31-72(32-28-70-26-30-71)50-60-12-2-4-22-62(60)76-42-44-82-68-57-19-10-20-58(68)48-54-16-8-14-52-46-56-18-9-17-55(67(56)81-43-41-75-61)45-51-13-7-15-53(47-57)65(51)79-39-35-73-33-37-77-63-23-5-6-24-64(63)78-38-34-74-36-40-80-66(52)54/h1-24,69-70H,25-50H2. The summed E-state index contributed by atoms with van der Waals surface area (Å²) in [5.41, 5.74) is 10.6. The fourth-order valence-electron chi connectivity index (χ4n) is 11.3. The molecule has 0 aromatic heterocycles. The lowest BCUT2D eigenvalue weighted by Gasteiger charge is -2.27. The second-order valence-corrected chi connectivity index (χ2v) is 21.1. The first kappa shape index (κ1) is 56.6. The molecule has 0 spiro atoms. The van der Waals surface area contributed by atoms with Crippen LogP contribution >= 0.6 is 0 Å². The van der Waals surface area contributed by atoms with Crippen LogP contribution in [0.3, 0.4) is 0 Å². The fraction of sp³-hybridized carbons (Fsp3) is 0.382. The Morgan fingerprint density at radius 3 is 0.817 bits per heavy atom. The molecule has 7 aromatic carbocycles. The number of hydrogen-bond donors (Lipinski definition) is 2. The number of hydrogen-bond acceptors (Lipinski definition) is 14. The van der Waals surface area contributed by atoms with Crippen LogP contribution in [-0.2, 0) is 48.2 Å². The van der Waals surface area contributed by atoms with E-state index in [4.69, 9.17) is 47.4 Å². The average Bonchev–Trinajstić information content (AvgIpc) is 3.68. The first-order valence-electron chi connectivity index (χ1n) is 29.4. The van der Waals surface area contributed by atoms with E-state index in [2.05, 4.69) is 142 Å². The van der Waals surface area contributed by atoms with Crippen LogP contribution in [0.25, 0.3) is 0 Å². The fourth-order valence-corrected chi connectivity index (χ4v) is 11.3. The lowest BCUT2D eigenvalue weighted by atomic mass is 9.91. The van der Waals surface area contributed by atoms with E-state index in [1.165, 1.54) is 0 Å². The van der Waals surface area contributed by atoms with Gasteiger partial charge in [-0.1, -0.05) is 121 Å². The Morgan fingerprint density at radius 1 is 0.244 bits per heavy atom. The van der Waals surface area contributed by atoms with Crippen LogP contribution in [0.5, 0.6) is 46.0 Å². The van der Waals surface area contributed by atoms with E-state index in [1.54, 1.807) is 0 Å². The summed E-state index contributed by atoms with van der Waals surface area (Å²) < 4.78 is 65.9. The van der Waals surface area contributed by atoms with Crippen LogP contribution in [-0.4, -0.2) is 141 Å². The summed E-state index contributed by atoms with van der Waals surface area (Å²) in [6.07, 6.45) is 2.19. The average molecular weight is 1110 g/mol. The van der Waals surface area contributed by atoms with Gasteiger partial charge in [0.25, 0.3) is 0 Å². The molecule has 0 saturated carbocycles. The third kappa shape index (κ3) is 15.4. The highest BCUT2D eigenvalue weighted by Crippen LogP contribution is 2.39. The van der Waals surface area contributed by atoms with Gasteiger partial charge in [-0.3, -0.25) is 9.80 Å². The first-order valence-corrected chi connectivity index (χ1v) is 29.4. The zero-order valence-electron chi connectivity index (χ0n) is 47.2. The number of benzene rings is 7. The molecule has 14 bridgehead atoms. The molecule has 0 unspecified atom stereocenters. The van der Waals surface area contributed by atoms with E-state index in [0.29, 0.717) is 116 Å². The van der Waals surface area contributed by atoms with Gasteiger partial charge in [0.05, 0.1) is 26.4 Å². The van der Waals surface area contributed by atoms with Gasteiger partial charge in [0, 0.05) is 102 Å². The highest BCUT2D eigenvalue weighted by Gasteiger charge is 2.23.